The van der Waals surface area contributed by atoms with Crippen LogP contribution in [0.25, 0.3) is 0 Å². The van der Waals surface area contributed by atoms with Crippen molar-refractivity contribution >= 4 is 11.9 Å². The molecule has 0 radical (unpaired) electrons. The standard InChI is InChI=1S/C14H25N3O2/c1-5-13(4)9-14(6-7-19-13)11(15)16-12(18)17(14)8-10(2)3/h10H,5-9H2,1-4H3,(H2,15,16,18). The van der Waals surface area contributed by atoms with E-state index in [9.17, 15) is 4.79 Å². The van der Waals surface area contributed by atoms with Gasteiger partial charge in [0.05, 0.1) is 5.60 Å². The topological polar surface area (TPSA) is 65.4 Å². The van der Waals surface area contributed by atoms with Crippen LogP contribution in [0.5, 0.6) is 0 Å². The zero-order valence-electron chi connectivity index (χ0n) is 12.4. The van der Waals surface area contributed by atoms with Gasteiger partial charge in [0, 0.05) is 26.0 Å². The summed E-state index contributed by atoms with van der Waals surface area (Å²) in [7, 11) is 0. The molecular formula is C14H25N3O2. The van der Waals surface area contributed by atoms with Crippen LogP contribution in [0.15, 0.2) is 0 Å². The van der Waals surface area contributed by atoms with E-state index in [0.717, 1.165) is 6.42 Å². The van der Waals surface area contributed by atoms with E-state index in [1.165, 1.54) is 0 Å². The number of urea groups is 1. The lowest BCUT2D eigenvalue weighted by molar-refractivity contribution is -0.103. The third-order valence-electron chi connectivity index (χ3n) is 4.39. The Balaban J connectivity index is 2.32. The van der Waals surface area contributed by atoms with Gasteiger partial charge in [-0.15, -0.1) is 0 Å². The van der Waals surface area contributed by atoms with E-state index in [1.807, 2.05) is 4.90 Å². The van der Waals surface area contributed by atoms with Crippen LogP contribution in [-0.2, 0) is 4.74 Å². The summed E-state index contributed by atoms with van der Waals surface area (Å²) in [5, 5.41) is 10.9. The van der Waals surface area contributed by atoms with Crippen molar-refractivity contribution in [2.24, 2.45) is 5.92 Å². The molecule has 5 heteroatoms. The maximum Gasteiger partial charge on any atom is 0.323 e. The van der Waals surface area contributed by atoms with Crippen molar-refractivity contribution in [2.45, 2.75) is 58.1 Å². The molecule has 0 saturated carbocycles. The van der Waals surface area contributed by atoms with Crippen LogP contribution in [0.2, 0.25) is 0 Å². The molecule has 0 aromatic rings. The van der Waals surface area contributed by atoms with E-state index in [2.05, 4.69) is 33.0 Å². The predicted molar refractivity (Wildman–Crippen MR) is 74.4 cm³/mol. The average molecular weight is 267 g/mol. The number of amides is 2. The van der Waals surface area contributed by atoms with Gasteiger partial charge in [0.2, 0.25) is 0 Å². The first kappa shape index (κ1) is 14.3. The Bertz CT molecular complexity index is 396. The molecule has 2 fully saturated rings. The molecule has 2 aliphatic rings. The summed E-state index contributed by atoms with van der Waals surface area (Å²) in [5.74, 6) is 0.741. The van der Waals surface area contributed by atoms with Crippen molar-refractivity contribution in [1.82, 2.24) is 10.2 Å². The Kier molecular flexibility index (Phi) is 3.60. The van der Waals surface area contributed by atoms with Crippen LogP contribution >= 0.6 is 0 Å². The number of rotatable bonds is 3. The molecule has 108 valence electrons. The van der Waals surface area contributed by atoms with E-state index in [1.54, 1.807) is 0 Å². The van der Waals surface area contributed by atoms with Gasteiger partial charge in [0.15, 0.2) is 0 Å². The van der Waals surface area contributed by atoms with Crippen molar-refractivity contribution in [3.8, 4) is 0 Å². The fraction of sp³-hybridized carbons (Fsp3) is 0.857. The van der Waals surface area contributed by atoms with Crippen molar-refractivity contribution in [3.63, 3.8) is 0 Å². The molecule has 19 heavy (non-hydrogen) atoms. The zero-order valence-corrected chi connectivity index (χ0v) is 12.4. The lowest BCUT2D eigenvalue weighted by Gasteiger charge is -2.47. The molecule has 2 rings (SSSR count). The first-order valence-electron chi connectivity index (χ1n) is 7.14. The van der Waals surface area contributed by atoms with Gasteiger partial charge in [0.25, 0.3) is 0 Å². The van der Waals surface area contributed by atoms with Crippen molar-refractivity contribution < 1.29 is 9.53 Å². The molecule has 2 N–H and O–H groups in total. The minimum absolute atomic E-state index is 0.126. The normalized spacial score (nSPS) is 35.3. The van der Waals surface area contributed by atoms with Gasteiger partial charge in [0.1, 0.15) is 11.4 Å². The first-order chi connectivity index (χ1) is 8.83. The van der Waals surface area contributed by atoms with Gasteiger partial charge >= 0.3 is 6.03 Å². The highest BCUT2D eigenvalue weighted by molar-refractivity contribution is 6.08. The second kappa shape index (κ2) is 4.78. The highest BCUT2D eigenvalue weighted by Gasteiger charge is 2.55. The fourth-order valence-electron chi connectivity index (χ4n) is 3.14. The lowest BCUT2D eigenvalue weighted by atomic mass is 9.77. The molecule has 0 aromatic carbocycles. The Labute approximate surface area is 115 Å². The highest BCUT2D eigenvalue weighted by Crippen LogP contribution is 2.41. The van der Waals surface area contributed by atoms with Crippen LogP contribution < -0.4 is 5.32 Å². The Morgan fingerprint density at radius 2 is 2.21 bits per heavy atom. The number of ether oxygens (including phenoxy) is 1. The predicted octanol–water partition coefficient (Wildman–Crippen LogP) is 2.36. The summed E-state index contributed by atoms with van der Waals surface area (Å²) in [6, 6.07) is -0.126. The minimum Gasteiger partial charge on any atom is -0.375 e. The lowest BCUT2D eigenvalue weighted by Crippen LogP contribution is -2.58. The Hall–Kier alpha value is -1.10. The van der Waals surface area contributed by atoms with Crippen LogP contribution in [0, 0.1) is 11.3 Å². The molecule has 2 aliphatic heterocycles. The largest absolute Gasteiger partial charge is 0.375 e. The number of amidine groups is 1. The second-order valence-electron chi connectivity index (χ2n) is 6.42. The summed E-state index contributed by atoms with van der Waals surface area (Å²) in [4.78, 5) is 14.0. The minimum atomic E-state index is -0.482. The highest BCUT2D eigenvalue weighted by atomic mass is 16.5. The molecule has 2 unspecified atom stereocenters. The van der Waals surface area contributed by atoms with Gasteiger partial charge < -0.3 is 9.64 Å². The summed E-state index contributed by atoms with van der Waals surface area (Å²) in [5.41, 5.74) is -0.726. The molecule has 0 aromatic heterocycles. The average Bonchev–Trinajstić information content (AvgIpc) is 2.54. The Morgan fingerprint density at radius 3 is 2.79 bits per heavy atom. The molecule has 2 heterocycles. The maximum absolute atomic E-state index is 12.1. The summed E-state index contributed by atoms with van der Waals surface area (Å²) in [6.45, 7) is 9.67. The molecule has 2 amide bonds. The van der Waals surface area contributed by atoms with Crippen LogP contribution in [0.3, 0.4) is 0 Å². The molecular weight excluding hydrogens is 242 g/mol. The van der Waals surface area contributed by atoms with Gasteiger partial charge in [-0.25, -0.2) is 4.79 Å². The summed E-state index contributed by atoms with van der Waals surface area (Å²) < 4.78 is 5.88. The van der Waals surface area contributed by atoms with E-state index >= 15 is 0 Å². The number of nitrogens with one attached hydrogen (secondary N) is 2. The number of carbonyl (C=O) groups excluding carboxylic acids is 1. The summed E-state index contributed by atoms with van der Waals surface area (Å²) in [6.07, 6.45) is 2.32. The molecule has 1 spiro atoms. The fourth-order valence-corrected chi connectivity index (χ4v) is 3.14. The molecule has 2 atom stereocenters. The number of hydrogen-bond acceptors (Lipinski definition) is 3. The SMILES string of the molecule is CCC1(C)CC2(CCO1)C(=N)NC(=O)N2CC(C)C. The van der Waals surface area contributed by atoms with E-state index in [-0.39, 0.29) is 11.6 Å². The molecule has 0 bridgehead atoms. The van der Waals surface area contributed by atoms with Crippen molar-refractivity contribution in [1.29, 1.82) is 5.41 Å². The monoisotopic (exact) mass is 267 g/mol. The smallest absolute Gasteiger partial charge is 0.323 e. The third-order valence-corrected chi connectivity index (χ3v) is 4.39. The second-order valence-corrected chi connectivity index (χ2v) is 6.42. The Morgan fingerprint density at radius 1 is 1.53 bits per heavy atom. The van der Waals surface area contributed by atoms with Gasteiger partial charge in [-0.1, -0.05) is 20.8 Å². The van der Waals surface area contributed by atoms with Crippen molar-refractivity contribution in [3.05, 3.63) is 0 Å². The van der Waals surface area contributed by atoms with E-state index < -0.39 is 5.54 Å². The van der Waals surface area contributed by atoms with Crippen LogP contribution in [0.4, 0.5) is 4.79 Å². The van der Waals surface area contributed by atoms with Gasteiger partial charge in [-0.2, -0.15) is 0 Å². The maximum atomic E-state index is 12.1. The third kappa shape index (κ3) is 2.36. The number of hydrogen-bond donors (Lipinski definition) is 2. The van der Waals surface area contributed by atoms with E-state index in [4.69, 9.17) is 10.1 Å². The van der Waals surface area contributed by atoms with Crippen LogP contribution in [0.1, 0.15) is 47.0 Å². The quantitative estimate of drug-likeness (QED) is 0.824. The molecule has 2 saturated heterocycles. The zero-order chi connectivity index (χ0) is 14.3. The van der Waals surface area contributed by atoms with E-state index in [0.29, 0.717) is 37.7 Å². The summed E-state index contributed by atoms with van der Waals surface area (Å²) >= 11 is 0. The van der Waals surface area contributed by atoms with Gasteiger partial charge in [-0.3, -0.25) is 10.7 Å². The number of carbonyl (C=O) groups is 1. The first-order valence-corrected chi connectivity index (χ1v) is 7.14. The number of nitrogens with zero attached hydrogens (tertiary/aromatic N) is 1. The molecule has 0 aliphatic carbocycles. The van der Waals surface area contributed by atoms with Crippen molar-refractivity contribution in [2.75, 3.05) is 13.2 Å². The van der Waals surface area contributed by atoms with Crippen LogP contribution in [-0.4, -0.2) is 41.1 Å². The van der Waals surface area contributed by atoms with Gasteiger partial charge in [-0.05, 0) is 19.3 Å². The molecule has 5 nitrogen and oxygen atoms in total.